The summed E-state index contributed by atoms with van der Waals surface area (Å²) in [5.41, 5.74) is 8.26. The molecule has 0 radical (unpaired) electrons. The van der Waals surface area contributed by atoms with Gasteiger partial charge in [-0.3, -0.25) is 9.59 Å². The van der Waals surface area contributed by atoms with Gasteiger partial charge < -0.3 is 20.1 Å². The molecular formula is C21H18N2O5S. The van der Waals surface area contributed by atoms with Gasteiger partial charge in [-0.25, -0.2) is 4.79 Å². The lowest BCUT2D eigenvalue weighted by Gasteiger charge is -2.21. The third-order valence-corrected chi connectivity index (χ3v) is 6.02. The van der Waals surface area contributed by atoms with Crippen molar-refractivity contribution in [3.05, 3.63) is 65.4 Å². The standard InChI is InChI=1S/C21H18N2O5S/c22-21(27)20-18-17-13(7-4-8-15(17)28-10-16(25)26)23(19(18)14(24)11-29-20)9-12-5-2-1-3-6-12/h1-8,20H,9-11H2,(H2,22,27)(H,25,26)/t20-/m1/s1. The van der Waals surface area contributed by atoms with Gasteiger partial charge in [0.1, 0.15) is 11.0 Å². The maximum atomic E-state index is 12.9. The molecule has 4 rings (SSSR count). The van der Waals surface area contributed by atoms with E-state index in [9.17, 15) is 14.4 Å². The van der Waals surface area contributed by atoms with Crippen LogP contribution in [0.3, 0.4) is 0 Å². The van der Waals surface area contributed by atoms with Gasteiger partial charge in [0.2, 0.25) is 5.91 Å². The number of benzene rings is 2. The molecule has 2 heterocycles. The van der Waals surface area contributed by atoms with Crippen LogP contribution in [0.5, 0.6) is 5.75 Å². The number of aromatic nitrogens is 1. The van der Waals surface area contributed by atoms with Crippen molar-refractivity contribution in [2.75, 3.05) is 12.4 Å². The van der Waals surface area contributed by atoms with Crippen LogP contribution < -0.4 is 10.5 Å². The lowest BCUT2D eigenvalue weighted by Crippen LogP contribution is -2.27. The molecule has 0 bridgehead atoms. The van der Waals surface area contributed by atoms with Crippen LogP contribution >= 0.6 is 11.8 Å². The topological polar surface area (TPSA) is 112 Å². The fourth-order valence-corrected chi connectivity index (χ4v) is 4.70. The lowest BCUT2D eigenvalue weighted by atomic mass is 10.0. The highest BCUT2D eigenvalue weighted by Crippen LogP contribution is 2.45. The van der Waals surface area contributed by atoms with E-state index in [4.69, 9.17) is 15.6 Å². The normalized spacial score (nSPS) is 15.9. The van der Waals surface area contributed by atoms with Crippen LogP contribution in [0, 0.1) is 0 Å². The third kappa shape index (κ3) is 3.47. The Kier molecular flexibility index (Phi) is 5.02. The predicted octanol–water partition coefficient (Wildman–Crippen LogP) is 2.61. The van der Waals surface area contributed by atoms with Gasteiger partial charge in [0, 0.05) is 17.5 Å². The zero-order valence-corrected chi connectivity index (χ0v) is 16.1. The molecule has 0 saturated heterocycles. The van der Waals surface area contributed by atoms with E-state index in [0.29, 0.717) is 34.5 Å². The smallest absolute Gasteiger partial charge is 0.341 e. The number of rotatable bonds is 6. The molecule has 2 aromatic carbocycles. The van der Waals surface area contributed by atoms with Gasteiger partial charge in [0.25, 0.3) is 0 Å². The molecule has 1 amide bonds. The van der Waals surface area contributed by atoms with Gasteiger partial charge in [-0.1, -0.05) is 36.4 Å². The van der Waals surface area contributed by atoms with E-state index in [1.165, 1.54) is 11.8 Å². The Morgan fingerprint density at radius 2 is 1.93 bits per heavy atom. The second-order valence-electron chi connectivity index (χ2n) is 6.68. The summed E-state index contributed by atoms with van der Waals surface area (Å²) >= 11 is 1.18. The van der Waals surface area contributed by atoms with Gasteiger partial charge in [-0.2, -0.15) is 0 Å². The molecule has 1 aliphatic heterocycles. The summed E-state index contributed by atoms with van der Waals surface area (Å²) in [5, 5.41) is 8.85. The third-order valence-electron chi connectivity index (χ3n) is 4.79. The Hall–Kier alpha value is -3.26. The summed E-state index contributed by atoms with van der Waals surface area (Å²) in [6.45, 7) is -0.100. The first-order valence-electron chi connectivity index (χ1n) is 8.95. The van der Waals surface area contributed by atoms with E-state index in [1.54, 1.807) is 12.1 Å². The van der Waals surface area contributed by atoms with Crippen molar-refractivity contribution in [2.45, 2.75) is 11.8 Å². The molecule has 3 N–H and O–H groups in total. The number of amides is 1. The van der Waals surface area contributed by atoms with Crippen molar-refractivity contribution in [1.29, 1.82) is 0 Å². The van der Waals surface area contributed by atoms with Crippen molar-refractivity contribution in [3.8, 4) is 5.75 Å². The van der Waals surface area contributed by atoms with Crippen LogP contribution in [-0.4, -0.2) is 39.7 Å². The second-order valence-corrected chi connectivity index (χ2v) is 7.78. The minimum atomic E-state index is -1.11. The predicted molar refractivity (Wildman–Crippen MR) is 109 cm³/mol. The SMILES string of the molecule is NC(=O)[C@@H]1SCC(=O)c2c1c1c(OCC(=O)O)cccc1n2Cc1ccccc1. The Labute approximate surface area is 170 Å². The number of fused-ring (bicyclic) bond motifs is 3. The first-order chi connectivity index (χ1) is 14.0. The van der Waals surface area contributed by atoms with Crippen LogP contribution in [0.15, 0.2) is 48.5 Å². The summed E-state index contributed by atoms with van der Waals surface area (Å²) < 4.78 is 7.35. The number of hydrogen-bond acceptors (Lipinski definition) is 5. The highest BCUT2D eigenvalue weighted by molar-refractivity contribution is 8.01. The molecule has 29 heavy (non-hydrogen) atoms. The summed E-state index contributed by atoms with van der Waals surface area (Å²) in [7, 11) is 0. The van der Waals surface area contributed by atoms with E-state index < -0.39 is 23.7 Å². The molecule has 3 aromatic rings. The molecular weight excluding hydrogens is 392 g/mol. The van der Waals surface area contributed by atoms with Crippen LogP contribution in [0.25, 0.3) is 10.9 Å². The average Bonchev–Trinajstić information content (AvgIpc) is 3.03. The number of carbonyl (C=O) groups excluding carboxylic acids is 2. The number of hydrogen-bond donors (Lipinski definition) is 2. The highest BCUT2D eigenvalue weighted by atomic mass is 32.2. The van der Waals surface area contributed by atoms with Crippen LogP contribution in [-0.2, 0) is 16.1 Å². The quantitative estimate of drug-likeness (QED) is 0.646. The van der Waals surface area contributed by atoms with Gasteiger partial charge in [0.05, 0.1) is 17.0 Å². The molecule has 0 spiro atoms. The van der Waals surface area contributed by atoms with Crippen LogP contribution in [0.4, 0.5) is 0 Å². The van der Waals surface area contributed by atoms with Crippen molar-refractivity contribution in [2.24, 2.45) is 5.73 Å². The van der Waals surface area contributed by atoms with Crippen molar-refractivity contribution >= 4 is 40.3 Å². The number of nitrogens with zero attached hydrogens (tertiary/aromatic N) is 1. The molecule has 148 valence electrons. The second kappa shape index (κ2) is 7.63. The molecule has 0 aliphatic carbocycles. The van der Waals surface area contributed by atoms with E-state index in [2.05, 4.69) is 0 Å². The monoisotopic (exact) mass is 410 g/mol. The number of ketones is 1. The maximum absolute atomic E-state index is 12.9. The Balaban J connectivity index is 1.98. The number of carboxylic acids is 1. The zero-order valence-electron chi connectivity index (χ0n) is 15.3. The van der Waals surface area contributed by atoms with Crippen molar-refractivity contribution in [1.82, 2.24) is 4.57 Å². The highest BCUT2D eigenvalue weighted by Gasteiger charge is 2.37. The Morgan fingerprint density at radius 1 is 1.17 bits per heavy atom. The molecule has 0 fully saturated rings. The average molecular weight is 410 g/mol. The lowest BCUT2D eigenvalue weighted by molar-refractivity contribution is -0.139. The minimum absolute atomic E-state index is 0.0983. The Bertz CT molecular complexity index is 1120. The largest absolute Gasteiger partial charge is 0.481 e. The number of Topliss-reactive ketones (excluding diaryl/α,β-unsaturated/α-hetero) is 1. The molecule has 7 nitrogen and oxygen atoms in total. The zero-order chi connectivity index (χ0) is 20.5. The fourth-order valence-electron chi connectivity index (χ4n) is 3.68. The summed E-state index contributed by atoms with van der Waals surface area (Å²) in [4.78, 5) is 36.0. The number of carboxylic acid groups (broad SMARTS) is 1. The first-order valence-corrected chi connectivity index (χ1v) is 10.00. The van der Waals surface area contributed by atoms with Gasteiger partial charge >= 0.3 is 5.97 Å². The van der Waals surface area contributed by atoms with Gasteiger partial charge in [-0.15, -0.1) is 11.8 Å². The molecule has 0 unspecified atom stereocenters. The minimum Gasteiger partial charge on any atom is -0.481 e. The number of carbonyl (C=O) groups is 3. The number of primary amides is 1. The van der Waals surface area contributed by atoms with E-state index in [0.717, 1.165) is 5.56 Å². The van der Waals surface area contributed by atoms with Crippen LogP contribution in [0.1, 0.15) is 26.9 Å². The summed E-state index contributed by atoms with van der Waals surface area (Å²) in [6.07, 6.45) is 0. The number of aliphatic carboxylic acids is 1. The van der Waals surface area contributed by atoms with Crippen molar-refractivity contribution in [3.63, 3.8) is 0 Å². The molecule has 0 saturated carbocycles. The number of ether oxygens (including phenoxy) is 1. The molecule has 8 heteroatoms. The van der Waals surface area contributed by atoms with Crippen molar-refractivity contribution < 1.29 is 24.2 Å². The molecule has 1 atom stereocenters. The van der Waals surface area contributed by atoms with Gasteiger partial charge in [-0.05, 0) is 17.7 Å². The first kappa shape index (κ1) is 19.1. The van der Waals surface area contributed by atoms with Crippen LogP contribution in [0.2, 0.25) is 0 Å². The molecule has 1 aliphatic rings. The number of nitrogens with two attached hydrogens (primary N) is 1. The maximum Gasteiger partial charge on any atom is 0.341 e. The van der Waals surface area contributed by atoms with Gasteiger partial charge in [0.15, 0.2) is 12.4 Å². The van der Waals surface area contributed by atoms with E-state index in [-0.39, 0.29) is 11.5 Å². The summed E-state index contributed by atoms with van der Waals surface area (Å²) in [5.74, 6) is -1.29. The molecule has 1 aromatic heterocycles. The fraction of sp³-hybridized carbons (Fsp3) is 0.190. The van der Waals surface area contributed by atoms with E-state index in [1.807, 2.05) is 41.0 Å². The van der Waals surface area contributed by atoms with E-state index >= 15 is 0 Å². The number of thioether (sulfide) groups is 1. The summed E-state index contributed by atoms with van der Waals surface area (Å²) in [6, 6.07) is 14.9. The Morgan fingerprint density at radius 3 is 2.62 bits per heavy atom.